The summed E-state index contributed by atoms with van der Waals surface area (Å²) in [5, 5.41) is 10.7. The number of hydrogen-bond acceptors (Lipinski definition) is 5. The average Bonchev–Trinajstić information content (AvgIpc) is 3.40. The number of rotatable bonds is 4. The molecule has 1 fully saturated rings. The number of amides is 1. The smallest absolute Gasteiger partial charge is 0.296 e. The SMILES string of the molecule is O=C1C(=O)N(Cc2ccco2)C(c2ccco2)C1=C(O)c1ccc(F)cc1. The summed E-state index contributed by atoms with van der Waals surface area (Å²) in [5.41, 5.74) is 0.108. The number of furan rings is 2. The monoisotopic (exact) mass is 367 g/mol. The van der Waals surface area contributed by atoms with Gasteiger partial charge in [-0.25, -0.2) is 4.39 Å². The lowest BCUT2D eigenvalue weighted by atomic mass is 9.99. The highest BCUT2D eigenvalue weighted by molar-refractivity contribution is 6.46. The molecule has 2 aromatic heterocycles. The van der Waals surface area contributed by atoms with Crippen LogP contribution in [0, 0.1) is 5.82 Å². The Morgan fingerprint density at radius 3 is 2.37 bits per heavy atom. The Kier molecular flexibility index (Phi) is 4.12. The summed E-state index contributed by atoms with van der Waals surface area (Å²) >= 11 is 0. The predicted molar refractivity (Wildman–Crippen MR) is 91.7 cm³/mol. The number of carbonyl (C=O) groups excluding carboxylic acids is 2. The fraction of sp³-hybridized carbons (Fsp3) is 0.100. The third kappa shape index (κ3) is 2.93. The van der Waals surface area contributed by atoms with Gasteiger partial charge in [-0.05, 0) is 48.5 Å². The molecule has 1 unspecified atom stereocenters. The molecule has 1 N–H and O–H groups in total. The van der Waals surface area contributed by atoms with Crippen molar-refractivity contribution in [3.05, 3.63) is 89.5 Å². The summed E-state index contributed by atoms with van der Waals surface area (Å²) in [4.78, 5) is 26.6. The van der Waals surface area contributed by atoms with Crippen LogP contribution in [0.25, 0.3) is 5.76 Å². The Balaban J connectivity index is 1.83. The standard InChI is InChI=1S/C20H14FNO5/c21-13-7-5-12(6-8-13)18(23)16-17(15-4-2-10-27-15)22(20(25)19(16)24)11-14-3-1-9-26-14/h1-10,17,23H,11H2. The largest absolute Gasteiger partial charge is 0.507 e. The number of carbonyl (C=O) groups is 2. The lowest BCUT2D eigenvalue weighted by Crippen LogP contribution is -2.28. The molecule has 7 heteroatoms. The number of nitrogens with zero attached hydrogens (tertiary/aromatic N) is 1. The van der Waals surface area contributed by atoms with Crippen LogP contribution >= 0.6 is 0 Å². The number of Topliss-reactive ketones (excluding diaryl/α,β-unsaturated/α-hetero) is 1. The van der Waals surface area contributed by atoms with E-state index >= 15 is 0 Å². The molecule has 1 aliphatic rings. The summed E-state index contributed by atoms with van der Waals surface area (Å²) in [5.74, 6) is -1.69. The van der Waals surface area contributed by atoms with Crippen LogP contribution in [0.15, 0.2) is 75.5 Å². The molecule has 1 amide bonds. The van der Waals surface area contributed by atoms with Crippen molar-refractivity contribution in [2.75, 3.05) is 0 Å². The molecule has 3 heterocycles. The second kappa shape index (κ2) is 6.60. The first-order chi connectivity index (χ1) is 13.1. The summed E-state index contributed by atoms with van der Waals surface area (Å²) < 4.78 is 23.9. The number of halogens is 1. The second-order valence-corrected chi connectivity index (χ2v) is 6.03. The minimum atomic E-state index is -0.921. The number of ketones is 1. The van der Waals surface area contributed by atoms with Gasteiger partial charge in [-0.15, -0.1) is 0 Å². The summed E-state index contributed by atoms with van der Waals surface area (Å²) in [6.07, 6.45) is 2.88. The van der Waals surface area contributed by atoms with Crippen LogP contribution in [-0.4, -0.2) is 21.7 Å². The van der Waals surface area contributed by atoms with Crippen molar-refractivity contribution in [3.63, 3.8) is 0 Å². The van der Waals surface area contributed by atoms with Crippen molar-refractivity contribution < 1.29 is 27.9 Å². The molecule has 0 radical (unpaired) electrons. The molecule has 3 aromatic rings. The number of aliphatic hydroxyl groups is 1. The van der Waals surface area contributed by atoms with E-state index in [1.54, 1.807) is 24.3 Å². The molecule has 1 aliphatic heterocycles. The van der Waals surface area contributed by atoms with E-state index in [1.807, 2.05) is 0 Å². The topological polar surface area (TPSA) is 83.9 Å². The van der Waals surface area contributed by atoms with Crippen LogP contribution in [0.4, 0.5) is 4.39 Å². The maximum Gasteiger partial charge on any atom is 0.296 e. The minimum Gasteiger partial charge on any atom is -0.507 e. The van der Waals surface area contributed by atoms with Crippen LogP contribution in [0.3, 0.4) is 0 Å². The van der Waals surface area contributed by atoms with Gasteiger partial charge in [0.05, 0.1) is 24.6 Å². The van der Waals surface area contributed by atoms with Gasteiger partial charge < -0.3 is 18.8 Å². The molecule has 0 bridgehead atoms. The molecule has 136 valence electrons. The van der Waals surface area contributed by atoms with Gasteiger partial charge in [0.25, 0.3) is 11.7 Å². The van der Waals surface area contributed by atoms with E-state index in [1.165, 1.54) is 29.6 Å². The van der Waals surface area contributed by atoms with E-state index < -0.39 is 29.3 Å². The third-order valence-electron chi connectivity index (χ3n) is 4.38. The molecule has 0 spiro atoms. The first kappa shape index (κ1) is 16.8. The number of hydrogen-bond donors (Lipinski definition) is 1. The predicted octanol–water partition coefficient (Wildman–Crippen LogP) is 3.63. The first-order valence-corrected chi connectivity index (χ1v) is 8.16. The van der Waals surface area contributed by atoms with Gasteiger partial charge in [0.2, 0.25) is 0 Å². The van der Waals surface area contributed by atoms with Crippen LogP contribution < -0.4 is 0 Å². The number of likely N-dealkylation sites (tertiary alicyclic amines) is 1. The molecule has 27 heavy (non-hydrogen) atoms. The lowest BCUT2D eigenvalue weighted by molar-refractivity contribution is -0.140. The van der Waals surface area contributed by atoms with Crippen molar-refractivity contribution in [2.45, 2.75) is 12.6 Å². The Morgan fingerprint density at radius 2 is 1.74 bits per heavy atom. The van der Waals surface area contributed by atoms with E-state index in [4.69, 9.17) is 8.83 Å². The fourth-order valence-corrected chi connectivity index (χ4v) is 3.12. The van der Waals surface area contributed by atoms with Crippen LogP contribution in [-0.2, 0) is 16.1 Å². The highest BCUT2D eigenvalue weighted by Gasteiger charge is 2.47. The van der Waals surface area contributed by atoms with Gasteiger partial charge in [0.15, 0.2) is 0 Å². The summed E-state index contributed by atoms with van der Waals surface area (Å²) in [6, 6.07) is 10.7. The Bertz CT molecular complexity index is 1000. The zero-order chi connectivity index (χ0) is 19.0. The summed E-state index contributed by atoms with van der Waals surface area (Å²) in [7, 11) is 0. The highest BCUT2D eigenvalue weighted by Crippen LogP contribution is 2.40. The van der Waals surface area contributed by atoms with E-state index in [2.05, 4.69) is 0 Å². The molecule has 4 rings (SSSR count). The average molecular weight is 367 g/mol. The molecule has 1 aromatic carbocycles. The van der Waals surface area contributed by atoms with Gasteiger partial charge in [-0.1, -0.05) is 0 Å². The second-order valence-electron chi connectivity index (χ2n) is 6.03. The van der Waals surface area contributed by atoms with Crippen LogP contribution in [0.1, 0.15) is 23.1 Å². The number of aliphatic hydroxyl groups excluding tert-OH is 1. The van der Waals surface area contributed by atoms with Gasteiger partial charge >= 0.3 is 0 Å². The zero-order valence-corrected chi connectivity index (χ0v) is 14.0. The Labute approximate surface area is 153 Å². The molecule has 1 saturated heterocycles. The van der Waals surface area contributed by atoms with Gasteiger partial charge in [-0.3, -0.25) is 9.59 Å². The van der Waals surface area contributed by atoms with Crippen LogP contribution in [0.2, 0.25) is 0 Å². The molecule has 1 atom stereocenters. The molecule has 0 aliphatic carbocycles. The molecular formula is C20H14FNO5. The van der Waals surface area contributed by atoms with E-state index in [0.29, 0.717) is 11.5 Å². The van der Waals surface area contributed by atoms with E-state index in [0.717, 1.165) is 12.1 Å². The maximum absolute atomic E-state index is 13.2. The van der Waals surface area contributed by atoms with Crippen molar-refractivity contribution in [3.8, 4) is 0 Å². The molecule has 6 nitrogen and oxygen atoms in total. The maximum atomic E-state index is 13.2. The third-order valence-corrected chi connectivity index (χ3v) is 4.38. The van der Waals surface area contributed by atoms with E-state index in [9.17, 15) is 19.1 Å². The van der Waals surface area contributed by atoms with Gasteiger partial charge in [-0.2, -0.15) is 0 Å². The lowest BCUT2D eigenvalue weighted by Gasteiger charge is -2.22. The Hall–Kier alpha value is -3.61. The van der Waals surface area contributed by atoms with Gasteiger partial charge in [0.1, 0.15) is 29.1 Å². The van der Waals surface area contributed by atoms with E-state index in [-0.39, 0.29) is 17.7 Å². The first-order valence-electron chi connectivity index (χ1n) is 8.16. The van der Waals surface area contributed by atoms with Gasteiger partial charge in [0, 0.05) is 5.56 Å². The van der Waals surface area contributed by atoms with Crippen molar-refractivity contribution in [2.24, 2.45) is 0 Å². The highest BCUT2D eigenvalue weighted by atomic mass is 19.1. The Morgan fingerprint density at radius 1 is 1.04 bits per heavy atom. The van der Waals surface area contributed by atoms with Crippen LogP contribution in [0.5, 0.6) is 0 Å². The van der Waals surface area contributed by atoms with Crippen molar-refractivity contribution in [1.29, 1.82) is 0 Å². The fourth-order valence-electron chi connectivity index (χ4n) is 3.12. The zero-order valence-electron chi connectivity index (χ0n) is 14.0. The molecule has 0 saturated carbocycles. The minimum absolute atomic E-state index is 0.0309. The van der Waals surface area contributed by atoms with Crippen molar-refractivity contribution >= 4 is 17.4 Å². The number of benzene rings is 1. The van der Waals surface area contributed by atoms with Crippen molar-refractivity contribution in [1.82, 2.24) is 4.90 Å². The molecular weight excluding hydrogens is 353 g/mol. The quantitative estimate of drug-likeness (QED) is 0.432. The normalized spacial score (nSPS) is 19.0. The summed E-state index contributed by atoms with van der Waals surface area (Å²) in [6.45, 7) is 0.0309.